The largest absolute Gasteiger partial charge is 0.393 e. The number of halogens is 1. The third-order valence-electron chi connectivity index (χ3n) is 2.09. The molecular formula is C11H13BrN2OS. The standard InChI is InChI=1S/C11H13BrN2OS/c1-7-3-2-4-8(10(7)12)11(15)14-6-5-9(13)16/h2-4H,5-6H2,1H3,(H2,13,16)(H,14,15). The average molecular weight is 301 g/mol. The van der Waals surface area contributed by atoms with Crippen LogP contribution in [-0.2, 0) is 0 Å². The van der Waals surface area contributed by atoms with Crippen molar-refractivity contribution in [2.75, 3.05) is 6.54 Å². The van der Waals surface area contributed by atoms with Crippen LogP contribution in [0, 0.1) is 6.92 Å². The SMILES string of the molecule is Cc1cccc(C(=O)NCCC(N)=S)c1Br. The van der Waals surface area contributed by atoms with E-state index in [0.717, 1.165) is 10.0 Å². The second-order valence-corrected chi connectivity index (χ2v) is 4.73. The summed E-state index contributed by atoms with van der Waals surface area (Å²) in [6.07, 6.45) is 0.518. The maximum atomic E-state index is 11.8. The number of carbonyl (C=O) groups excluding carboxylic acids is 1. The lowest BCUT2D eigenvalue weighted by Crippen LogP contribution is -2.27. The van der Waals surface area contributed by atoms with E-state index in [4.69, 9.17) is 18.0 Å². The van der Waals surface area contributed by atoms with Gasteiger partial charge in [0.05, 0.1) is 10.6 Å². The van der Waals surface area contributed by atoms with E-state index in [2.05, 4.69) is 21.2 Å². The maximum Gasteiger partial charge on any atom is 0.252 e. The first-order valence-corrected chi connectivity index (χ1v) is 6.04. The Morgan fingerprint density at radius 2 is 2.25 bits per heavy atom. The van der Waals surface area contributed by atoms with Gasteiger partial charge in [0, 0.05) is 17.4 Å². The van der Waals surface area contributed by atoms with Crippen molar-refractivity contribution in [3.8, 4) is 0 Å². The molecule has 0 atom stereocenters. The van der Waals surface area contributed by atoms with Gasteiger partial charge < -0.3 is 11.1 Å². The monoisotopic (exact) mass is 300 g/mol. The van der Waals surface area contributed by atoms with Crippen molar-refractivity contribution >= 4 is 39.0 Å². The minimum atomic E-state index is -0.119. The van der Waals surface area contributed by atoms with Crippen LogP contribution >= 0.6 is 28.1 Å². The lowest BCUT2D eigenvalue weighted by Gasteiger charge is -2.07. The third-order valence-corrected chi connectivity index (χ3v) is 3.35. The molecule has 16 heavy (non-hydrogen) atoms. The van der Waals surface area contributed by atoms with E-state index < -0.39 is 0 Å². The lowest BCUT2D eigenvalue weighted by atomic mass is 10.1. The van der Waals surface area contributed by atoms with Crippen LogP contribution in [0.3, 0.4) is 0 Å². The number of rotatable bonds is 4. The van der Waals surface area contributed by atoms with Crippen LogP contribution in [0.25, 0.3) is 0 Å². The Morgan fingerprint density at radius 3 is 2.88 bits per heavy atom. The summed E-state index contributed by atoms with van der Waals surface area (Å²) in [5.74, 6) is -0.119. The van der Waals surface area contributed by atoms with Gasteiger partial charge in [-0.15, -0.1) is 0 Å². The molecule has 3 nitrogen and oxygen atoms in total. The molecule has 0 aliphatic carbocycles. The predicted octanol–water partition coefficient (Wildman–Crippen LogP) is 2.16. The quantitative estimate of drug-likeness (QED) is 0.838. The van der Waals surface area contributed by atoms with Gasteiger partial charge in [0.1, 0.15) is 0 Å². The van der Waals surface area contributed by atoms with Crippen LogP contribution in [0.4, 0.5) is 0 Å². The topological polar surface area (TPSA) is 55.1 Å². The molecule has 0 saturated carbocycles. The van der Waals surface area contributed by atoms with Crippen molar-refractivity contribution in [2.24, 2.45) is 5.73 Å². The third kappa shape index (κ3) is 3.57. The summed E-state index contributed by atoms with van der Waals surface area (Å²) in [6.45, 7) is 2.41. The molecule has 0 bridgehead atoms. The number of nitrogens with two attached hydrogens (primary N) is 1. The fraction of sp³-hybridized carbons (Fsp3) is 0.273. The predicted molar refractivity (Wildman–Crippen MR) is 72.6 cm³/mol. The van der Waals surface area contributed by atoms with Gasteiger partial charge in [-0.2, -0.15) is 0 Å². The Balaban J connectivity index is 2.66. The molecule has 0 spiro atoms. The van der Waals surface area contributed by atoms with E-state index in [1.807, 2.05) is 19.1 Å². The summed E-state index contributed by atoms with van der Waals surface area (Å²) in [7, 11) is 0. The van der Waals surface area contributed by atoms with E-state index in [1.54, 1.807) is 6.07 Å². The van der Waals surface area contributed by atoms with Crippen molar-refractivity contribution in [3.63, 3.8) is 0 Å². The molecule has 0 aliphatic rings. The summed E-state index contributed by atoms with van der Waals surface area (Å²) >= 11 is 8.12. The fourth-order valence-electron chi connectivity index (χ4n) is 1.22. The number of aryl methyl sites for hydroxylation is 1. The summed E-state index contributed by atoms with van der Waals surface area (Å²) in [6, 6.07) is 5.56. The molecule has 0 aliphatic heterocycles. The number of thiocarbonyl (C=S) groups is 1. The number of hydrogen-bond donors (Lipinski definition) is 2. The zero-order valence-corrected chi connectivity index (χ0v) is 11.3. The van der Waals surface area contributed by atoms with Crippen LogP contribution in [0.5, 0.6) is 0 Å². The zero-order valence-electron chi connectivity index (χ0n) is 8.92. The maximum absolute atomic E-state index is 11.8. The minimum Gasteiger partial charge on any atom is -0.393 e. The van der Waals surface area contributed by atoms with Crippen LogP contribution in [0.15, 0.2) is 22.7 Å². The first kappa shape index (κ1) is 13.1. The highest BCUT2D eigenvalue weighted by Gasteiger charge is 2.10. The van der Waals surface area contributed by atoms with Gasteiger partial charge in [-0.1, -0.05) is 24.4 Å². The molecule has 0 saturated heterocycles. The number of nitrogens with one attached hydrogen (secondary N) is 1. The van der Waals surface area contributed by atoms with Gasteiger partial charge in [-0.05, 0) is 34.5 Å². The summed E-state index contributed by atoms with van der Waals surface area (Å²) in [5.41, 5.74) is 7.00. The molecule has 1 aromatic carbocycles. The van der Waals surface area contributed by atoms with Crippen molar-refractivity contribution in [1.29, 1.82) is 0 Å². The normalized spacial score (nSPS) is 9.88. The Labute approximate surface area is 109 Å². The summed E-state index contributed by atoms with van der Waals surface area (Å²) in [4.78, 5) is 12.2. The van der Waals surface area contributed by atoms with Gasteiger partial charge in [0.2, 0.25) is 0 Å². The van der Waals surface area contributed by atoms with Gasteiger partial charge in [-0.25, -0.2) is 0 Å². The number of hydrogen-bond acceptors (Lipinski definition) is 2. The first-order chi connectivity index (χ1) is 7.52. The Bertz CT molecular complexity index is 420. The Kier molecular flexibility index (Phi) is 4.89. The zero-order chi connectivity index (χ0) is 12.1. The molecule has 86 valence electrons. The first-order valence-electron chi connectivity index (χ1n) is 4.84. The molecule has 3 N–H and O–H groups in total. The fourth-order valence-corrected chi connectivity index (χ4v) is 1.76. The molecular weight excluding hydrogens is 288 g/mol. The van der Waals surface area contributed by atoms with Crippen LogP contribution in [0.2, 0.25) is 0 Å². The van der Waals surface area contributed by atoms with E-state index in [9.17, 15) is 4.79 Å². The van der Waals surface area contributed by atoms with Gasteiger partial charge in [0.25, 0.3) is 5.91 Å². The van der Waals surface area contributed by atoms with E-state index in [1.165, 1.54) is 0 Å². The highest BCUT2D eigenvalue weighted by atomic mass is 79.9. The van der Waals surface area contributed by atoms with E-state index in [0.29, 0.717) is 23.5 Å². The van der Waals surface area contributed by atoms with Gasteiger partial charge >= 0.3 is 0 Å². The Morgan fingerprint density at radius 1 is 1.56 bits per heavy atom. The van der Waals surface area contributed by atoms with E-state index in [-0.39, 0.29) is 5.91 Å². The molecule has 1 amide bonds. The van der Waals surface area contributed by atoms with Gasteiger partial charge in [0.15, 0.2) is 0 Å². The smallest absolute Gasteiger partial charge is 0.252 e. The molecule has 0 aromatic heterocycles. The summed E-state index contributed by atoms with van der Waals surface area (Å²) < 4.78 is 0.822. The second kappa shape index (κ2) is 5.96. The molecule has 5 heteroatoms. The van der Waals surface area contributed by atoms with Gasteiger partial charge in [-0.3, -0.25) is 4.79 Å². The molecule has 0 heterocycles. The van der Waals surface area contributed by atoms with Crippen molar-refractivity contribution in [1.82, 2.24) is 5.32 Å². The summed E-state index contributed by atoms with van der Waals surface area (Å²) in [5, 5.41) is 2.76. The van der Waals surface area contributed by atoms with Crippen LogP contribution in [-0.4, -0.2) is 17.4 Å². The Hall–Kier alpha value is -0.940. The van der Waals surface area contributed by atoms with Crippen molar-refractivity contribution < 1.29 is 4.79 Å². The van der Waals surface area contributed by atoms with Crippen molar-refractivity contribution in [2.45, 2.75) is 13.3 Å². The molecule has 0 unspecified atom stereocenters. The average Bonchev–Trinajstić information content (AvgIpc) is 2.21. The highest BCUT2D eigenvalue weighted by molar-refractivity contribution is 9.10. The van der Waals surface area contributed by atoms with Crippen LogP contribution in [0.1, 0.15) is 22.3 Å². The molecule has 0 fully saturated rings. The molecule has 0 radical (unpaired) electrons. The molecule has 1 rings (SSSR count). The lowest BCUT2D eigenvalue weighted by molar-refractivity contribution is 0.0954. The van der Waals surface area contributed by atoms with Crippen LogP contribution < -0.4 is 11.1 Å². The number of benzene rings is 1. The highest BCUT2D eigenvalue weighted by Crippen LogP contribution is 2.20. The van der Waals surface area contributed by atoms with E-state index >= 15 is 0 Å². The number of carbonyl (C=O) groups is 1. The second-order valence-electron chi connectivity index (χ2n) is 3.41. The number of amides is 1. The van der Waals surface area contributed by atoms with Crippen molar-refractivity contribution in [3.05, 3.63) is 33.8 Å². The minimum absolute atomic E-state index is 0.119. The molecule has 1 aromatic rings.